The minimum atomic E-state index is -0.351. The van der Waals surface area contributed by atoms with Gasteiger partial charge < -0.3 is 9.30 Å². The van der Waals surface area contributed by atoms with Crippen LogP contribution < -0.4 is 0 Å². The lowest BCUT2D eigenvalue weighted by molar-refractivity contribution is -0.141. The molecule has 0 aromatic carbocycles. The van der Waals surface area contributed by atoms with Crippen LogP contribution in [0.5, 0.6) is 0 Å². The monoisotopic (exact) mass is 267 g/mol. The number of imidazole rings is 1. The molecule has 2 heterocycles. The fourth-order valence-corrected chi connectivity index (χ4v) is 1.98. The van der Waals surface area contributed by atoms with Gasteiger partial charge in [-0.25, -0.2) is 9.97 Å². The zero-order valence-corrected chi connectivity index (χ0v) is 11.2. The largest absolute Gasteiger partial charge is 0.468 e. The Hall–Kier alpha value is -1.62. The smallest absolute Gasteiger partial charge is 0.325 e. The molecule has 0 aliphatic rings. The molecule has 96 valence electrons. The number of pyridine rings is 1. The van der Waals surface area contributed by atoms with Gasteiger partial charge in [-0.05, 0) is 25.5 Å². The van der Waals surface area contributed by atoms with E-state index in [2.05, 4.69) is 14.7 Å². The second kappa shape index (κ2) is 4.94. The van der Waals surface area contributed by atoms with Gasteiger partial charge in [-0.3, -0.25) is 4.79 Å². The molecule has 2 aromatic rings. The standard InChI is InChI=1S/C12H14ClN3O2/c1-7-4-5-14-12-10(7)15-11(8(2)13)16(12)6-9(17)18-3/h4-5,8H,6H2,1-3H3. The van der Waals surface area contributed by atoms with Crippen molar-refractivity contribution in [2.45, 2.75) is 25.8 Å². The summed E-state index contributed by atoms with van der Waals surface area (Å²) < 4.78 is 6.38. The molecule has 0 amide bonds. The van der Waals surface area contributed by atoms with Crippen LogP contribution in [0.1, 0.15) is 23.7 Å². The van der Waals surface area contributed by atoms with Gasteiger partial charge in [0.2, 0.25) is 0 Å². The lowest BCUT2D eigenvalue weighted by Gasteiger charge is -2.08. The number of fused-ring (bicyclic) bond motifs is 1. The third-order valence-electron chi connectivity index (χ3n) is 2.74. The average molecular weight is 268 g/mol. The number of hydrogen-bond acceptors (Lipinski definition) is 4. The highest BCUT2D eigenvalue weighted by Gasteiger charge is 2.19. The van der Waals surface area contributed by atoms with Crippen LogP contribution in [-0.2, 0) is 16.1 Å². The van der Waals surface area contributed by atoms with Crippen molar-refractivity contribution in [1.82, 2.24) is 14.5 Å². The maximum atomic E-state index is 11.4. The van der Waals surface area contributed by atoms with E-state index in [1.165, 1.54) is 7.11 Å². The minimum Gasteiger partial charge on any atom is -0.468 e. The van der Waals surface area contributed by atoms with Gasteiger partial charge in [0.15, 0.2) is 5.65 Å². The summed E-state index contributed by atoms with van der Waals surface area (Å²) in [6.45, 7) is 3.82. The van der Waals surface area contributed by atoms with Gasteiger partial charge in [-0.15, -0.1) is 11.6 Å². The number of nitrogens with zero attached hydrogens (tertiary/aromatic N) is 3. The molecule has 5 nitrogen and oxygen atoms in total. The van der Waals surface area contributed by atoms with Crippen LogP contribution in [0.4, 0.5) is 0 Å². The molecular weight excluding hydrogens is 254 g/mol. The van der Waals surface area contributed by atoms with Crippen molar-refractivity contribution in [2.75, 3.05) is 7.11 Å². The fraction of sp³-hybridized carbons (Fsp3) is 0.417. The van der Waals surface area contributed by atoms with Crippen molar-refractivity contribution >= 4 is 28.7 Å². The molecule has 1 unspecified atom stereocenters. The molecule has 6 heteroatoms. The molecular formula is C12H14ClN3O2. The van der Waals surface area contributed by atoms with Crippen molar-refractivity contribution in [3.8, 4) is 0 Å². The first-order chi connectivity index (χ1) is 8.54. The van der Waals surface area contributed by atoms with Crippen molar-refractivity contribution in [3.63, 3.8) is 0 Å². The lowest BCUT2D eigenvalue weighted by Crippen LogP contribution is -2.14. The normalized spacial score (nSPS) is 12.7. The van der Waals surface area contributed by atoms with Crippen molar-refractivity contribution in [2.24, 2.45) is 0 Å². The first-order valence-electron chi connectivity index (χ1n) is 5.57. The summed E-state index contributed by atoms with van der Waals surface area (Å²) in [6.07, 6.45) is 1.69. The molecule has 0 bridgehead atoms. The maximum Gasteiger partial charge on any atom is 0.325 e. The Morgan fingerprint density at radius 1 is 1.61 bits per heavy atom. The molecule has 2 aromatic heterocycles. The van der Waals surface area contributed by atoms with Crippen LogP contribution in [-0.4, -0.2) is 27.6 Å². The number of rotatable bonds is 3. The molecule has 0 saturated carbocycles. The van der Waals surface area contributed by atoms with Gasteiger partial charge in [-0.1, -0.05) is 0 Å². The van der Waals surface area contributed by atoms with E-state index in [1.54, 1.807) is 10.8 Å². The molecule has 0 aliphatic carbocycles. The molecule has 0 saturated heterocycles. The van der Waals surface area contributed by atoms with Crippen LogP contribution in [0, 0.1) is 6.92 Å². The third-order valence-corrected chi connectivity index (χ3v) is 2.93. The number of halogens is 1. The molecule has 0 fully saturated rings. The molecule has 1 atom stereocenters. The van der Waals surface area contributed by atoms with E-state index >= 15 is 0 Å². The molecule has 0 radical (unpaired) electrons. The topological polar surface area (TPSA) is 57.0 Å². The predicted molar refractivity (Wildman–Crippen MR) is 68.5 cm³/mol. The Morgan fingerprint density at radius 2 is 2.33 bits per heavy atom. The second-order valence-corrected chi connectivity index (χ2v) is 4.70. The summed E-state index contributed by atoms with van der Waals surface area (Å²) in [7, 11) is 1.35. The molecule has 0 N–H and O–H groups in total. The molecule has 18 heavy (non-hydrogen) atoms. The van der Waals surface area contributed by atoms with Crippen LogP contribution in [0.3, 0.4) is 0 Å². The summed E-state index contributed by atoms with van der Waals surface area (Å²) in [6, 6.07) is 1.88. The Morgan fingerprint density at radius 3 is 2.94 bits per heavy atom. The van der Waals surface area contributed by atoms with Gasteiger partial charge in [0.1, 0.15) is 17.9 Å². The summed E-state index contributed by atoms with van der Waals surface area (Å²) in [5.41, 5.74) is 2.42. The van der Waals surface area contributed by atoms with E-state index in [-0.39, 0.29) is 17.9 Å². The fourth-order valence-electron chi connectivity index (χ4n) is 1.81. The Kier molecular flexibility index (Phi) is 3.52. The Balaban J connectivity index is 2.63. The summed E-state index contributed by atoms with van der Waals surface area (Å²) in [5.74, 6) is 0.273. The van der Waals surface area contributed by atoms with Crippen molar-refractivity contribution < 1.29 is 9.53 Å². The third kappa shape index (κ3) is 2.18. The highest BCUT2D eigenvalue weighted by Crippen LogP contribution is 2.24. The number of hydrogen-bond donors (Lipinski definition) is 0. The van der Waals surface area contributed by atoms with Gasteiger partial charge in [0, 0.05) is 6.20 Å². The van der Waals surface area contributed by atoms with Crippen LogP contribution >= 0.6 is 11.6 Å². The number of aromatic nitrogens is 3. The van der Waals surface area contributed by atoms with Crippen LogP contribution in [0.2, 0.25) is 0 Å². The average Bonchev–Trinajstić information content (AvgIpc) is 2.70. The Labute approximate surface area is 110 Å². The second-order valence-electron chi connectivity index (χ2n) is 4.05. The van der Waals surface area contributed by atoms with Crippen LogP contribution in [0.25, 0.3) is 11.2 Å². The van der Waals surface area contributed by atoms with E-state index in [9.17, 15) is 4.79 Å². The summed E-state index contributed by atoms with van der Waals surface area (Å²) >= 11 is 6.10. The van der Waals surface area contributed by atoms with E-state index in [1.807, 2.05) is 19.9 Å². The Bertz CT molecular complexity index is 592. The zero-order chi connectivity index (χ0) is 13.3. The van der Waals surface area contributed by atoms with E-state index in [0.29, 0.717) is 11.5 Å². The van der Waals surface area contributed by atoms with Crippen LogP contribution in [0.15, 0.2) is 12.3 Å². The van der Waals surface area contributed by atoms with Gasteiger partial charge in [0.05, 0.1) is 12.5 Å². The van der Waals surface area contributed by atoms with Crippen molar-refractivity contribution in [3.05, 3.63) is 23.7 Å². The first kappa shape index (κ1) is 12.8. The number of carbonyl (C=O) groups excluding carboxylic acids is 1. The van der Waals surface area contributed by atoms with E-state index in [0.717, 1.165) is 11.1 Å². The van der Waals surface area contributed by atoms with E-state index < -0.39 is 0 Å². The first-order valence-corrected chi connectivity index (χ1v) is 6.01. The SMILES string of the molecule is COC(=O)Cn1c(C(C)Cl)nc2c(C)ccnc21. The highest BCUT2D eigenvalue weighted by molar-refractivity contribution is 6.20. The minimum absolute atomic E-state index is 0.0653. The number of ether oxygens (including phenoxy) is 1. The lowest BCUT2D eigenvalue weighted by atomic mass is 10.3. The highest BCUT2D eigenvalue weighted by atomic mass is 35.5. The van der Waals surface area contributed by atoms with Gasteiger partial charge >= 0.3 is 5.97 Å². The summed E-state index contributed by atoms with van der Waals surface area (Å²) in [5, 5.41) is -0.303. The maximum absolute atomic E-state index is 11.4. The van der Waals surface area contributed by atoms with Crippen molar-refractivity contribution in [1.29, 1.82) is 0 Å². The van der Waals surface area contributed by atoms with Gasteiger partial charge in [0.25, 0.3) is 0 Å². The van der Waals surface area contributed by atoms with Gasteiger partial charge in [-0.2, -0.15) is 0 Å². The number of aryl methyl sites for hydroxylation is 1. The number of methoxy groups -OCH3 is 1. The number of alkyl halides is 1. The number of esters is 1. The molecule has 0 aliphatic heterocycles. The molecule has 2 rings (SSSR count). The predicted octanol–water partition coefficient (Wildman–Crippen LogP) is 2.21. The molecule has 0 spiro atoms. The van der Waals surface area contributed by atoms with E-state index in [4.69, 9.17) is 11.6 Å². The quantitative estimate of drug-likeness (QED) is 0.632. The number of carbonyl (C=O) groups is 1. The summed E-state index contributed by atoms with van der Waals surface area (Å²) in [4.78, 5) is 20.2. The zero-order valence-electron chi connectivity index (χ0n) is 10.5.